The summed E-state index contributed by atoms with van der Waals surface area (Å²) in [5, 5.41) is 3.47. The van der Waals surface area contributed by atoms with E-state index in [2.05, 4.69) is 78.7 Å². The highest BCUT2D eigenvalue weighted by molar-refractivity contribution is 5.85. The minimum atomic E-state index is 0. The number of benzene rings is 2. The van der Waals surface area contributed by atoms with E-state index in [0.717, 1.165) is 32.1 Å². The van der Waals surface area contributed by atoms with E-state index in [4.69, 9.17) is 0 Å². The Morgan fingerprint density at radius 1 is 0.808 bits per heavy atom. The van der Waals surface area contributed by atoms with E-state index in [1.54, 1.807) is 0 Å². The van der Waals surface area contributed by atoms with Crippen molar-refractivity contribution in [3.8, 4) is 11.1 Å². The molecule has 0 radical (unpaired) electrons. The molecule has 0 aromatic heterocycles. The van der Waals surface area contributed by atoms with Gasteiger partial charge in [0, 0.05) is 32.2 Å². The van der Waals surface area contributed by atoms with Crippen LogP contribution in [-0.2, 0) is 0 Å². The molecule has 1 aliphatic rings. The highest BCUT2D eigenvalue weighted by atomic mass is 35.5. The largest absolute Gasteiger partial charge is 0.314 e. The van der Waals surface area contributed by atoms with Gasteiger partial charge >= 0.3 is 0 Å². The molecular weight excluding hydrogens is 363 g/mol. The topological polar surface area (TPSA) is 15.3 Å². The zero-order valence-electron chi connectivity index (χ0n) is 15.9. The summed E-state index contributed by atoms with van der Waals surface area (Å²) in [7, 11) is 0. The van der Waals surface area contributed by atoms with Gasteiger partial charge in [0.1, 0.15) is 0 Å². The van der Waals surface area contributed by atoms with Crippen LogP contribution >= 0.6 is 24.8 Å². The first-order valence-electron chi connectivity index (χ1n) is 9.34. The van der Waals surface area contributed by atoms with Gasteiger partial charge in [0.05, 0.1) is 0 Å². The predicted octanol–water partition coefficient (Wildman–Crippen LogP) is 5.58. The molecule has 0 spiro atoms. The Kier molecular flexibility index (Phi) is 10.3. The van der Waals surface area contributed by atoms with Crippen molar-refractivity contribution >= 4 is 24.8 Å². The number of nitrogens with one attached hydrogen (secondary N) is 1. The molecule has 0 amide bonds. The summed E-state index contributed by atoms with van der Waals surface area (Å²) in [5.74, 6) is 0.763. The lowest BCUT2D eigenvalue weighted by molar-refractivity contribution is 0.160. The molecule has 2 nitrogen and oxygen atoms in total. The average molecular weight is 395 g/mol. The zero-order chi connectivity index (χ0) is 16.8. The van der Waals surface area contributed by atoms with Crippen LogP contribution in [-0.4, -0.2) is 31.1 Å². The van der Waals surface area contributed by atoms with E-state index < -0.39 is 0 Å². The average Bonchev–Trinajstić information content (AvgIpc) is 2.64. The molecule has 144 valence electrons. The van der Waals surface area contributed by atoms with Crippen molar-refractivity contribution in [3.63, 3.8) is 0 Å². The van der Waals surface area contributed by atoms with Crippen molar-refractivity contribution in [3.05, 3.63) is 60.2 Å². The quantitative estimate of drug-likeness (QED) is 0.687. The Morgan fingerprint density at radius 2 is 1.38 bits per heavy atom. The molecule has 2 aromatic rings. The fraction of sp³-hybridized carbons (Fsp3) is 0.455. The smallest absolute Gasteiger partial charge is 0.0349 e. The van der Waals surface area contributed by atoms with Crippen LogP contribution in [0, 0.1) is 5.92 Å². The van der Waals surface area contributed by atoms with Crippen molar-refractivity contribution in [1.29, 1.82) is 0 Å². The molecule has 4 heteroatoms. The van der Waals surface area contributed by atoms with Crippen molar-refractivity contribution in [2.75, 3.05) is 26.2 Å². The zero-order valence-corrected chi connectivity index (χ0v) is 17.5. The van der Waals surface area contributed by atoms with Gasteiger partial charge in [-0.25, -0.2) is 0 Å². The van der Waals surface area contributed by atoms with Crippen molar-refractivity contribution < 1.29 is 0 Å². The van der Waals surface area contributed by atoms with Gasteiger partial charge in [0.15, 0.2) is 0 Å². The van der Waals surface area contributed by atoms with Gasteiger partial charge in [-0.3, -0.25) is 4.90 Å². The maximum absolute atomic E-state index is 3.47. The van der Waals surface area contributed by atoms with Crippen LogP contribution < -0.4 is 5.32 Å². The third-order valence-electron chi connectivity index (χ3n) is 5.01. The maximum Gasteiger partial charge on any atom is 0.0349 e. The van der Waals surface area contributed by atoms with Gasteiger partial charge in [0.25, 0.3) is 0 Å². The van der Waals surface area contributed by atoms with Gasteiger partial charge in [-0.05, 0) is 35.4 Å². The number of hydrogen-bond acceptors (Lipinski definition) is 2. The Labute approximate surface area is 171 Å². The van der Waals surface area contributed by atoms with Gasteiger partial charge in [-0.2, -0.15) is 0 Å². The minimum absolute atomic E-state index is 0. The molecule has 1 saturated heterocycles. The Morgan fingerprint density at radius 3 is 1.96 bits per heavy atom. The van der Waals surface area contributed by atoms with Crippen molar-refractivity contribution in [2.45, 2.75) is 32.7 Å². The van der Waals surface area contributed by atoms with Crippen LogP contribution in [0.25, 0.3) is 11.1 Å². The molecule has 1 aliphatic heterocycles. The molecule has 1 fully saturated rings. The van der Waals surface area contributed by atoms with E-state index >= 15 is 0 Å². The normalized spacial score (nSPS) is 15.8. The summed E-state index contributed by atoms with van der Waals surface area (Å²) in [6, 6.07) is 20.5. The molecular formula is C22H32Cl2N2. The van der Waals surface area contributed by atoms with Crippen LogP contribution in [0.5, 0.6) is 0 Å². The van der Waals surface area contributed by atoms with Crippen LogP contribution in [0.4, 0.5) is 0 Å². The molecule has 26 heavy (non-hydrogen) atoms. The summed E-state index contributed by atoms with van der Waals surface area (Å²) in [4.78, 5) is 2.66. The SMILES string of the molecule is CC(C)CC[C@@H](c1ccc(-c2ccccc2)cc1)N1CCNCC1.Cl.Cl. The Bertz CT molecular complexity index is 608. The van der Waals surface area contributed by atoms with E-state index in [0.29, 0.717) is 6.04 Å². The monoisotopic (exact) mass is 394 g/mol. The molecule has 0 saturated carbocycles. The maximum atomic E-state index is 3.47. The number of hydrogen-bond donors (Lipinski definition) is 1. The molecule has 0 bridgehead atoms. The van der Waals surface area contributed by atoms with Gasteiger partial charge in [0.2, 0.25) is 0 Å². The van der Waals surface area contributed by atoms with Crippen molar-refractivity contribution in [1.82, 2.24) is 10.2 Å². The first kappa shape index (κ1) is 23.0. The second kappa shape index (κ2) is 11.6. The van der Waals surface area contributed by atoms with E-state index in [1.807, 2.05) is 0 Å². The lowest BCUT2D eigenvalue weighted by Crippen LogP contribution is -2.45. The molecule has 0 aliphatic carbocycles. The Hall–Kier alpha value is -1.06. The summed E-state index contributed by atoms with van der Waals surface area (Å²) in [5.41, 5.74) is 4.07. The lowest BCUT2D eigenvalue weighted by atomic mass is 9.94. The fourth-order valence-electron chi connectivity index (χ4n) is 3.57. The number of rotatable bonds is 6. The van der Waals surface area contributed by atoms with Gasteiger partial charge < -0.3 is 5.32 Å². The highest BCUT2D eigenvalue weighted by Gasteiger charge is 2.22. The summed E-state index contributed by atoms with van der Waals surface area (Å²) >= 11 is 0. The summed E-state index contributed by atoms with van der Waals surface area (Å²) < 4.78 is 0. The van der Waals surface area contributed by atoms with Gasteiger partial charge in [-0.1, -0.05) is 68.4 Å². The number of halogens is 2. The number of piperazine rings is 1. The molecule has 0 unspecified atom stereocenters. The first-order valence-corrected chi connectivity index (χ1v) is 9.34. The predicted molar refractivity (Wildman–Crippen MR) is 118 cm³/mol. The third-order valence-corrected chi connectivity index (χ3v) is 5.01. The van der Waals surface area contributed by atoms with Crippen LogP contribution in [0.15, 0.2) is 54.6 Å². The van der Waals surface area contributed by atoms with Crippen LogP contribution in [0.1, 0.15) is 38.3 Å². The third kappa shape index (κ3) is 6.28. The van der Waals surface area contributed by atoms with E-state index in [9.17, 15) is 0 Å². The van der Waals surface area contributed by atoms with Crippen LogP contribution in [0.3, 0.4) is 0 Å². The molecule has 2 aromatic carbocycles. The molecule has 1 heterocycles. The molecule has 1 N–H and O–H groups in total. The van der Waals surface area contributed by atoms with E-state index in [-0.39, 0.29) is 24.8 Å². The standard InChI is InChI=1S/C22H30N2.2ClH/c1-18(2)8-13-22(24-16-14-23-15-17-24)21-11-9-20(10-12-21)19-6-4-3-5-7-19;;/h3-7,9-12,18,22-23H,8,13-17H2,1-2H3;2*1H/t22-;;/m0../s1. The second-order valence-electron chi connectivity index (χ2n) is 7.26. The Balaban J connectivity index is 0.00000169. The van der Waals surface area contributed by atoms with Crippen LogP contribution in [0.2, 0.25) is 0 Å². The summed E-state index contributed by atoms with van der Waals surface area (Å²) in [6.45, 7) is 9.19. The molecule has 1 atom stereocenters. The number of nitrogens with zero attached hydrogens (tertiary/aromatic N) is 1. The summed E-state index contributed by atoms with van der Waals surface area (Å²) in [6.07, 6.45) is 2.54. The lowest BCUT2D eigenvalue weighted by Gasteiger charge is -2.35. The van der Waals surface area contributed by atoms with Gasteiger partial charge in [-0.15, -0.1) is 24.8 Å². The fourth-order valence-corrected chi connectivity index (χ4v) is 3.57. The highest BCUT2D eigenvalue weighted by Crippen LogP contribution is 2.29. The van der Waals surface area contributed by atoms with Crippen molar-refractivity contribution in [2.24, 2.45) is 5.92 Å². The van der Waals surface area contributed by atoms with E-state index in [1.165, 1.54) is 29.5 Å². The first-order chi connectivity index (χ1) is 11.7. The molecule has 3 rings (SSSR count). The minimum Gasteiger partial charge on any atom is -0.314 e. The second-order valence-corrected chi connectivity index (χ2v) is 7.26.